The molecule has 1 aliphatic rings. The molecule has 1 aromatic heterocycles. The summed E-state index contributed by atoms with van der Waals surface area (Å²) in [6.07, 6.45) is 2.06. The molecule has 13 heteroatoms. The monoisotopic (exact) mass is 711 g/mol. The Morgan fingerprint density at radius 3 is 2.61 bits per heavy atom. The largest absolute Gasteiger partial charge is 0.490 e. The number of rotatable bonds is 9. The number of hydrogen-bond acceptors (Lipinski definition) is 8. The second kappa shape index (κ2) is 16.6. The molecule has 252 valence electrons. The molecule has 0 radical (unpaired) electrons. The Morgan fingerprint density at radius 1 is 1.13 bits per heavy atom. The number of thiophene rings is 1. The number of fused-ring (bicyclic) bond motifs is 1. The Kier molecular flexibility index (Phi) is 13.2. The van der Waals surface area contributed by atoms with Crippen LogP contribution in [-0.2, 0) is 21.3 Å². The van der Waals surface area contributed by atoms with Gasteiger partial charge in [0, 0.05) is 37.8 Å². The van der Waals surface area contributed by atoms with Crippen molar-refractivity contribution in [1.29, 1.82) is 0 Å². The van der Waals surface area contributed by atoms with Gasteiger partial charge in [0.2, 0.25) is 0 Å². The summed E-state index contributed by atoms with van der Waals surface area (Å²) >= 11 is 13.5. The molecule has 3 aromatic rings. The topological polar surface area (TPSA) is 108 Å². The third kappa shape index (κ3) is 9.82. The highest BCUT2D eigenvalue weighted by molar-refractivity contribution is 7.94. The molecule has 2 aromatic carbocycles. The lowest BCUT2D eigenvalue weighted by molar-refractivity contribution is -0.0177. The number of carbonyl (C=O) groups excluding carboxylic acids is 1. The summed E-state index contributed by atoms with van der Waals surface area (Å²) in [5, 5.41) is 12.9. The van der Waals surface area contributed by atoms with E-state index in [1.807, 2.05) is 33.0 Å². The van der Waals surface area contributed by atoms with E-state index in [0.717, 1.165) is 36.2 Å². The van der Waals surface area contributed by atoms with E-state index in [1.54, 1.807) is 41.5 Å². The SMILES string of the molecule is C[C@@H]1CN([C@H](C)CO)C(=O)c2cc(NS(=O)(=O)c3cccs3)ccc2O[C@@H](C)CCCCO[C@H]1CN(C)Cc1ccc(Cl)c(Cl)c1. The molecule has 9 nitrogen and oxygen atoms in total. The zero-order valence-electron chi connectivity index (χ0n) is 26.6. The van der Waals surface area contributed by atoms with Crippen molar-refractivity contribution in [3.8, 4) is 5.75 Å². The highest BCUT2D eigenvalue weighted by Crippen LogP contribution is 2.30. The number of ether oxygens (including phenoxy) is 2. The van der Waals surface area contributed by atoms with Crippen LogP contribution in [-0.4, -0.2) is 80.8 Å². The van der Waals surface area contributed by atoms with E-state index in [-0.39, 0.29) is 46.1 Å². The van der Waals surface area contributed by atoms with Crippen LogP contribution in [0.2, 0.25) is 10.0 Å². The maximum atomic E-state index is 14.3. The number of anilines is 1. The lowest BCUT2D eigenvalue weighted by Gasteiger charge is -2.36. The average Bonchev–Trinajstić information content (AvgIpc) is 3.57. The average molecular weight is 713 g/mol. The summed E-state index contributed by atoms with van der Waals surface area (Å²) in [4.78, 5) is 18.1. The Bertz CT molecular complexity index is 1560. The molecular formula is C33H43Cl2N3O6S2. The molecule has 0 unspecified atom stereocenters. The molecule has 2 heterocycles. The van der Waals surface area contributed by atoms with Crippen molar-refractivity contribution in [3.63, 3.8) is 0 Å². The van der Waals surface area contributed by atoms with Gasteiger partial charge in [0.05, 0.1) is 40.5 Å². The van der Waals surface area contributed by atoms with Crippen LogP contribution in [0.5, 0.6) is 5.75 Å². The van der Waals surface area contributed by atoms with Crippen molar-refractivity contribution >= 4 is 56.2 Å². The molecule has 4 rings (SSSR count). The van der Waals surface area contributed by atoms with Gasteiger partial charge in [-0.2, -0.15) is 0 Å². The van der Waals surface area contributed by atoms with E-state index in [9.17, 15) is 18.3 Å². The number of aliphatic hydroxyl groups is 1. The first-order chi connectivity index (χ1) is 21.9. The fourth-order valence-electron chi connectivity index (χ4n) is 5.39. The van der Waals surface area contributed by atoms with Crippen molar-refractivity contribution in [3.05, 3.63) is 75.1 Å². The molecule has 0 fully saturated rings. The minimum absolute atomic E-state index is 0.110. The Hall–Kier alpha value is -2.38. The Morgan fingerprint density at radius 2 is 1.91 bits per heavy atom. The number of nitrogens with one attached hydrogen (secondary N) is 1. The molecule has 46 heavy (non-hydrogen) atoms. The van der Waals surface area contributed by atoms with E-state index >= 15 is 0 Å². The van der Waals surface area contributed by atoms with Gasteiger partial charge in [-0.15, -0.1) is 11.3 Å². The predicted molar refractivity (Wildman–Crippen MR) is 185 cm³/mol. The van der Waals surface area contributed by atoms with E-state index in [2.05, 4.69) is 9.62 Å². The van der Waals surface area contributed by atoms with Gasteiger partial charge in [0.15, 0.2) is 0 Å². The lowest BCUT2D eigenvalue weighted by atomic mass is 10.0. The van der Waals surface area contributed by atoms with Gasteiger partial charge in [0.25, 0.3) is 15.9 Å². The van der Waals surface area contributed by atoms with Gasteiger partial charge in [-0.05, 0) is 87.5 Å². The van der Waals surface area contributed by atoms with Crippen LogP contribution in [0, 0.1) is 5.92 Å². The number of benzene rings is 2. The second-order valence-corrected chi connectivity index (χ2v) is 15.7. The summed E-state index contributed by atoms with van der Waals surface area (Å²) in [6.45, 7) is 7.62. The van der Waals surface area contributed by atoms with Gasteiger partial charge in [0.1, 0.15) is 9.96 Å². The van der Waals surface area contributed by atoms with Crippen LogP contribution in [0.1, 0.15) is 56.0 Å². The van der Waals surface area contributed by atoms with Crippen LogP contribution < -0.4 is 9.46 Å². The zero-order valence-corrected chi connectivity index (χ0v) is 29.8. The number of aliphatic hydroxyl groups excluding tert-OH is 1. The third-order valence-corrected chi connectivity index (χ3v) is 11.5. The number of sulfonamides is 1. The van der Waals surface area contributed by atoms with Crippen LogP contribution in [0.3, 0.4) is 0 Å². The quantitative estimate of drug-likeness (QED) is 0.252. The van der Waals surface area contributed by atoms with Crippen LogP contribution in [0.25, 0.3) is 0 Å². The normalized spacial score (nSPS) is 20.9. The van der Waals surface area contributed by atoms with Crippen LogP contribution in [0.4, 0.5) is 5.69 Å². The van der Waals surface area contributed by atoms with Crippen molar-refractivity contribution in [1.82, 2.24) is 9.80 Å². The van der Waals surface area contributed by atoms with Crippen molar-refractivity contribution in [2.45, 2.75) is 69.0 Å². The van der Waals surface area contributed by atoms with Crippen LogP contribution >= 0.6 is 34.5 Å². The first-order valence-corrected chi connectivity index (χ1v) is 18.5. The molecule has 0 saturated carbocycles. The molecule has 2 N–H and O–H groups in total. The molecule has 0 bridgehead atoms. The van der Waals surface area contributed by atoms with E-state index in [0.29, 0.717) is 42.0 Å². The Labute approximate surface area is 286 Å². The maximum Gasteiger partial charge on any atom is 0.271 e. The van der Waals surface area contributed by atoms with Gasteiger partial charge < -0.3 is 19.5 Å². The Balaban J connectivity index is 1.62. The van der Waals surface area contributed by atoms with Crippen LogP contribution in [0.15, 0.2) is 58.1 Å². The fraction of sp³-hybridized carbons (Fsp3) is 0.485. The van der Waals surface area contributed by atoms with Gasteiger partial charge in [-0.3, -0.25) is 14.4 Å². The summed E-state index contributed by atoms with van der Waals surface area (Å²) in [5.41, 5.74) is 1.48. The minimum atomic E-state index is -3.84. The smallest absolute Gasteiger partial charge is 0.271 e. The minimum Gasteiger partial charge on any atom is -0.490 e. The van der Waals surface area contributed by atoms with E-state index in [4.69, 9.17) is 32.7 Å². The number of likely N-dealkylation sites (N-methyl/N-ethyl adjacent to an activating group) is 1. The highest BCUT2D eigenvalue weighted by Gasteiger charge is 2.31. The third-order valence-electron chi connectivity index (χ3n) is 7.99. The maximum absolute atomic E-state index is 14.3. The van der Waals surface area contributed by atoms with Crippen molar-refractivity contribution < 1.29 is 27.8 Å². The summed E-state index contributed by atoms with van der Waals surface area (Å²) in [5.74, 6) is -0.112. The van der Waals surface area contributed by atoms with Gasteiger partial charge in [-0.25, -0.2) is 8.42 Å². The van der Waals surface area contributed by atoms with Crippen molar-refractivity contribution in [2.75, 3.05) is 38.1 Å². The summed E-state index contributed by atoms with van der Waals surface area (Å²) in [7, 11) is -1.82. The second-order valence-electron chi connectivity index (χ2n) is 12.0. The summed E-state index contributed by atoms with van der Waals surface area (Å²) < 4.78 is 41.4. The fourth-order valence-corrected chi connectivity index (χ4v) is 7.75. The van der Waals surface area contributed by atoms with E-state index < -0.39 is 16.1 Å². The number of halogens is 2. The number of hydrogen-bond donors (Lipinski definition) is 2. The molecule has 0 aliphatic carbocycles. The molecule has 1 aliphatic heterocycles. The summed E-state index contributed by atoms with van der Waals surface area (Å²) in [6, 6.07) is 13.0. The molecule has 0 spiro atoms. The van der Waals surface area contributed by atoms with Gasteiger partial charge >= 0.3 is 0 Å². The lowest BCUT2D eigenvalue weighted by Crippen LogP contribution is -2.47. The molecule has 4 atom stereocenters. The molecular weight excluding hydrogens is 669 g/mol. The first-order valence-electron chi connectivity index (χ1n) is 15.4. The highest BCUT2D eigenvalue weighted by atomic mass is 35.5. The van der Waals surface area contributed by atoms with Gasteiger partial charge in [-0.1, -0.05) is 42.3 Å². The van der Waals surface area contributed by atoms with Crippen molar-refractivity contribution in [2.24, 2.45) is 5.92 Å². The number of nitrogens with zero attached hydrogens (tertiary/aromatic N) is 2. The zero-order chi connectivity index (χ0) is 33.4. The molecule has 0 saturated heterocycles. The van der Waals surface area contributed by atoms with E-state index in [1.165, 1.54) is 12.1 Å². The standard InChI is InChI=1S/C33H43Cl2N3O6S2/c1-22-18-38(23(2)21-39)33(40)27-17-26(36-46(41,42)32-9-7-15-45-32)11-13-30(27)44-24(3)8-5-6-14-43-31(22)20-37(4)19-25-10-12-28(34)29(35)16-25/h7,9-13,15-17,22-24,31,36,39H,5-6,8,14,18-21H2,1-4H3/t22-,23-,24+,31+/m1/s1. The number of amides is 1. The predicted octanol–water partition coefficient (Wildman–Crippen LogP) is 6.78. The first kappa shape index (κ1) is 36.5. The number of carbonyl (C=O) groups is 1. The molecule has 1 amide bonds.